The Hall–Kier alpha value is -1.30. The smallest absolute Gasteiger partial charge is 0.0163 e. The molecule has 0 N–H and O–H groups in total. The topological polar surface area (TPSA) is 0 Å². The van der Waals surface area contributed by atoms with E-state index >= 15 is 0 Å². The van der Waals surface area contributed by atoms with Crippen LogP contribution in [0.5, 0.6) is 0 Å². The summed E-state index contributed by atoms with van der Waals surface area (Å²) >= 11 is 0. The van der Waals surface area contributed by atoms with Crippen LogP contribution in [0, 0.1) is 0 Å². The SMILES string of the molecule is CC/C=C/C=C/C/C=C/C=C/C=C/CCCC. The Morgan fingerprint density at radius 2 is 1.24 bits per heavy atom. The molecule has 0 fully saturated rings. The summed E-state index contributed by atoms with van der Waals surface area (Å²) in [4.78, 5) is 0. The van der Waals surface area contributed by atoms with Crippen LogP contribution < -0.4 is 0 Å². The number of hydrogen-bond acceptors (Lipinski definition) is 0. The van der Waals surface area contributed by atoms with E-state index in [0.717, 1.165) is 12.8 Å². The lowest BCUT2D eigenvalue weighted by atomic mass is 10.2. The fourth-order valence-corrected chi connectivity index (χ4v) is 1.23. The van der Waals surface area contributed by atoms with Gasteiger partial charge in [0.15, 0.2) is 0 Å². The maximum Gasteiger partial charge on any atom is -0.0163 e. The van der Waals surface area contributed by atoms with E-state index in [4.69, 9.17) is 0 Å². The van der Waals surface area contributed by atoms with E-state index in [0.29, 0.717) is 0 Å². The Morgan fingerprint density at radius 3 is 1.88 bits per heavy atom. The standard InChI is InChI=1S/C17H26/c1-3-5-7-9-11-13-15-17-16-14-12-10-8-6-4-2/h5,7,9-12,14-17H,3-4,6,8,13H2,1-2H3/b7-5+,11-9+,12-10+,16-14+,17-15+. The monoisotopic (exact) mass is 230 g/mol. The first kappa shape index (κ1) is 15.7. The Bertz CT molecular complexity index is 274. The van der Waals surface area contributed by atoms with Crippen LogP contribution in [0.3, 0.4) is 0 Å². The van der Waals surface area contributed by atoms with Crippen molar-refractivity contribution in [2.75, 3.05) is 0 Å². The molecule has 0 bridgehead atoms. The van der Waals surface area contributed by atoms with Gasteiger partial charge in [0.25, 0.3) is 0 Å². The highest BCUT2D eigenvalue weighted by atomic mass is 13.8. The van der Waals surface area contributed by atoms with Gasteiger partial charge >= 0.3 is 0 Å². The highest BCUT2D eigenvalue weighted by Crippen LogP contribution is 1.95. The fraction of sp³-hybridized carbons (Fsp3) is 0.412. The molecule has 0 aliphatic heterocycles. The highest BCUT2D eigenvalue weighted by Gasteiger charge is 1.74. The molecule has 0 aliphatic rings. The summed E-state index contributed by atoms with van der Waals surface area (Å²) in [5.41, 5.74) is 0. The van der Waals surface area contributed by atoms with Crippen molar-refractivity contribution in [2.24, 2.45) is 0 Å². The third kappa shape index (κ3) is 14.7. The summed E-state index contributed by atoms with van der Waals surface area (Å²) in [6, 6.07) is 0. The molecule has 0 nitrogen and oxygen atoms in total. The van der Waals surface area contributed by atoms with Crippen molar-refractivity contribution in [3.05, 3.63) is 60.8 Å². The van der Waals surface area contributed by atoms with Crippen LogP contribution in [-0.2, 0) is 0 Å². The molecule has 0 aliphatic carbocycles. The summed E-state index contributed by atoms with van der Waals surface area (Å²) in [5.74, 6) is 0. The van der Waals surface area contributed by atoms with Gasteiger partial charge in [-0.1, -0.05) is 87.4 Å². The van der Waals surface area contributed by atoms with Crippen molar-refractivity contribution >= 4 is 0 Å². The van der Waals surface area contributed by atoms with Gasteiger partial charge in [-0.3, -0.25) is 0 Å². The van der Waals surface area contributed by atoms with Gasteiger partial charge in [-0.2, -0.15) is 0 Å². The van der Waals surface area contributed by atoms with Crippen molar-refractivity contribution in [1.82, 2.24) is 0 Å². The van der Waals surface area contributed by atoms with Crippen LogP contribution in [0.15, 0.2) is 60.8 Å². The van der Waals surface area contributed by atoms with Crippen molar-refractivity contribution in [3.8, 4) is 0 Å². The van der Waals surface area contributed by atoms with Crippen LogP contribution in [0.4, 0.5) is 0 Å². The van der Waals surface area contributed by atoms with Crippen LogP contribution in [0.2, 0.25) is 0 Å². The predicted molar refractivity (Wildman–Crippen MR) is 80.1 cm³/mol. The number of hydrogen-bond donors (Lipinski definition) is 0. The maximum absolute atomic E-state index is 2.23. The van der Waals surface area contributed by atoms with E-state index in [1.165, 1.54) is 19.3 Å². The van der Waals surface area contributed by atoms with Crippen LogP contribution >= 0.6 is 0 Å². The third-order valence-corrected chi connectivity index (χ3v) is 2.22. The lowest BCUT2D eigenvalue weighted by Gasteiger charge is -1.85. The molecular formula is C17H26. The zero-order valence-corrected chi connectivity index (χ0v) is 11.3. The lowest BCUT2D eigenvalue weighted by molar-refractivity contribution is 0.815. The minimum Gasteiger partial charge on any atom is -0.0848 e. The third-order valence-electron chi connectivity index (χ3n) is 2.22. The van der Waals surface area contributed by atoms with Gasteiger partial charge in [0, 0.05) is 0 Å². The first-order chi connectivity index (χ1) is 8.41. The molecular weight excluding hydrogens is 204 g/mol. The summed E-state index contributed by atoms with van der Waals surface area (Å²) in [6.45, 7) is 4.36. The quantitative estimate of drug-likeness (QED) is 0.349. The van der Waals surface area contributed by atoms with Gasteiger partial charge < -0.3 is 0 Å². The molecule has 0 atom stereocenters. The van der Waals surface area contributed by atoms with Crippen LogP contribution in [0.1, 0.15) is 46.0 Å². The lowest BCUT2D eigenvalue weighted by Crippen LogP contribution is -1.64. The van der Waals surface area contributed by atoms with Crippen LogP contribution in [0.25, 0.3) is 0 Å². The Morgan fingerprint density at radius 1 is 0.647 bits per heavy atom. The zero-order chi connectivity index (χ0) is 12.6. The molecule has 0 saturated carbocycles. The zero-order valence-electron chi connectivity index (χ0n) is 11.3. The van der Waals surface area contributed by atoms with Gasteiger partial charge in [-0.05, 0) is 19.3 Å². The summed E-state index contributed by atoms with van der Waals surface area (Å²) < 4.78 is 0. The van der Waals surface area contributed by atoms with Crippen molar-refractivity contribution < 1.29 is 0 Å². The van der Waals surface area contributed by atoms with E-state index < -0.39 is 0 Å². The highest BCUT2D eigenvalue weighted by molar-refractivity contribution is 5.12. The molecule has 17 heavy (non-hydrogen) atoms. The van der Waals surface area contributed by atoms with E-state index in [1.54, 1.807) is 0 Å². The summed E-state index contributed by atoms with van der Waals surface area (Å²) in [6.07, 6.45) is 27.1. The van der Waals surface area contributed by atoms with Gasteiger partial charge in [-0.15, -0.1) is 0 Å². The number of rotatable bonds is 9. The van der Waals surface area contributed by atoms with Gasteiger partial charge in [-0.25, -0.2) is 0 Å². The van der Waals surface area contributed by atoms with Crippen molar-refractivity contribution in [3.63, 3.8) is 0 Å². The molecule has 94 valence electrons. The predicted octanol–water partition coefficient (Wildman–Crippen LogP) is 5.76. The average molecular weight is 230 g/mol. The first-order valence-corrected chi connectivity index (χ1v) is 6.71. The molecule has 0 aromatic carbocycles. The fourth-order valence-electron chi connectivity index (χ4n) is 1.23. The molecule has 0 amide bonds. The molecule has 0 heterocycles. The second kappa shape index (κ2) is 14.7. The summed E-state index contributed by atoms with van der Waals surface area (Å²) in [7, 11) is 0. The Labute approximate surface area is 107 Å². The minimum absolute atomic E-state index is 0.998. The molecule has 0 spiro atoms. The Balaban J connectivity index is 3.52. The maximum atomic E-state index is 2.23. The van der Waals surface area contributed by atoms with Gasteiger partial charge in [0.1, 0.15) is 0 Å². The van der Waals surface area contributed by atoms with Gasteiger partial charge in [0.05, 0.1) is 0 Å². The van der Waals surface area contributed by atoms with Crippen molar-refractivity contribution in [2.45, 2.75) is 46.0 Å². The second-order valence-corrected chi connectivity index (χ2v) is 3.88. The molecule has 0 heteroatoms. The molecule has 0 radical (unpaired) electrons. The molecule has 0 aromatic heterocycles. The van der Waals surface area contributed by atoms with Gasteiger partial charge in [0.2, 0.25) is 0 Å². The van der Waals surface area contributed by atoms with E-state index in [1.807, 2.05) is 0 Å². The van der Waals surface area contributed by atoms with Crippen molar-refractivity contribution in [1.29, 1.82) is 0 Å². The van der Waals surface area contributed by atoms with E-state index in [9.17, 15) is 0 Å². The minimum atomic E-state index is 0.998. The van der Waals surface area contributed by atoms with E-state index in [2.05, 4.69) is 74.6 Å². The largest absolute Gasteiger partial charge is 0.0848 e. The molecule has 0 unspecified atom stereocenters. The second-order valence-electron chi connectivity index (χ2n) is 3.88. The molecule has 0 rings (SSSR count). The number of allylic oxidation sites excluding steroid dienone is 10. The molecule has 0 saturated heterocycles. The number of unbranched alkanes of at least 4 members (excludes halogenated alkanes) is 2. The summed E-state index contributed by atoms with van der Waals surface area (Å²) in [5, 5.41) is 0. The Kier molecular flexibility index (Phi) is 13.6. The normalized spacial score (nSPS) is 13.3. The van der Waals surface area contributed by atoms with E-state index in [-0.39, 0.29) is 0 Å². The average Bonchev–Trinajstić information content (AvgIpc) is 2.35. The van der Waals surface area contributed by atoms with Crippen LogP contribution in [-0.4, -0.2) is 0 Å². The first-order valence-electron chi connectivity index (χ1n) is 6.71. The molecule has 0 aromatic rings.